The molecule has 1 fully saturated rings. The van der Waals surface area contributed by atoms with Crippen LogP contribution in [0.2, 0.25) is 0 Å². The SMILES string of the molecule is CCCOc1cccc(CNCC2CCCS2)c1. The molecule has 1 aliphatic heterocycles. The maximum atomic E-state index is 5.64. The van der Waals surface area contributed by atoms with Crippen LogP contribution < -0.4 is 10.1 Å². The highest BCUT2D eigenvalue weighted by Gasteiger charge is 2.14. The van der Waals surface area contributed by atoms with Crippen LogP contribution in [-0.2, 0) is 6.54 Å². The molecule has 1 heterocycles. The molecular weight excluding hydrogens is 242 g/mol. The number of rotatable bonds is 7. The minimum atomic E-state index is 0.801. The van der Waals surface area contributed by atoms with Gasteiger partial charge in [-0.3, -0.25) is 0 Å². The summed E-state index contributed by atoms with van der Waals surface area (Å²) in [7, 11) is 0. The van der Waals surface area contributed by atoms with E-state index in [0.29, 0.717) is 0 Å². The Morgan fingerprint density at radius 2 is 2.39 bits per heavy atom. The number of hydrogen-bond acceptors (Lipinski definition) is 3. The predicted molar refractivity (Wildman–Crippen MR) is 79.4 cm³/mol. The molecule has 1 aromatic rings. The molecule has 0 bridgehead atoms. The number of hydrogen-bond donors (Lipinski definition) is 1. The van der Waals surface area contributed by atoms with Gasteiger partial charge in [-0.05, 0) is 42.7 Å². The van der Waals surface area contributed by atoms with Gasteiger partial charge in [-0.25, -0.2) is 0 Å². The van der Waals surface area contributed by atoms with Gasteiger partial charge in [-0.2, -0.15) is 11.8 Å². The van der Waals surface area contributed by atoms with Gasteiger partial charge in [0.1, 0.15) is 5.75 Å². The standard InChI is InChI=1S/C15H23NOS/c1-2-8-17-14-6-3-5-13(10-14)11-16-12-15-7-4-9-18-15/h3,5-6,10,15-16H,2,4,7-9,11-12H2,1H3. The van der Waals surface area contributed by atoms with Crippen molar-refractivity contribution in [1.29, 1.82) is 0 Å². The minimum absolute atomic E-state index is 0.801. The van der Waals surface area contributed by atoms with Gasteiger partial charge in [-0.15, -0.1) is 0 Å². The van der Waals surface area contributed by atoms with Crippen LogP contribution in [0.25, 0.3) is 0 Å². The molecule has 1 aromatic carbocycles. The molecule has 2 rings (SSSR count). The number of thioether (sulfide) groups is 1. The van der Waals surface area contributed by atoms with Gasteiger partial charge in [0, 0.05) is 18.3 Å². The summed E-state index contributed by atoms with van der Waals surface area (Å²) in [6.07, 6.45) is 3.82. The van der Waals surface area contributed by atoms with E-state index in [4.69, 9.17) is 4.74 Å². The minimum Gasteiger partial charge on any atom is -0.494 e. The second-order valence-corrected chi connectivity index (χ2v) is 6.17. The second kappa shape index (κ2) is 7.70. The Bertz CT molecular complexity index is 350. The first-order valence-electron chi connectivity index (χ1n) is 6.92. The molecule has 0 radical (unpaired) electrons. The summed E-state index contributed by atoms with van der Waals surface area (Å²) in [4.78, 5) is 0. The Morgan fingerprint density at radius 1 is 1.44 bits per heavy atom. The van der Waals surface area contributed by atoms with Crippen molar-refractivity contribution in [2.45, 2.75) is 38.0 Å². The van der Waals surface area contributed by atoms with E-state index in [-0.39, 0.29) is 0 Å². The summed E-state index contributed by atoms with van der Waals surface area (Å²) in [6, 6.07) is 8.41. The van der Waals surface area contributed by atoms with Gasteiger partial charge in [0.15, 0.2) is 0 Å². The van der Waals surface area contributed by atoms with E-state index in [1.807, 2.05) is 6.07 Å². The third kappa shape index (κ3) is 4.54. The zero-order chi connectivity index (χ0) is 12.6. The van der Waals surface area contributed by atoms with Crippen molar-refractivity contribution in [1.82, 2.24) is 5.32 Å². The molecule has 100 valence electrons. The highest BCUT2D eigenvalue weighted by molar-refractivity contribution is 8.00. The Hall–Kier alpha value is -0.670. The molecule has 1 N–H and O–H groups in total. The molecule has 1 unspecified atom stereocenters. The fraction of sp³-hybridized carbons (Fsp3) is 0.600. The molecule has 18 heavy (non-hydrogen) atoms. The van der Waals surface area contributed by atoms with Crippen molar-refractivity contribution in [3.63, 3.8) is 0 Å². The molecular formula is C15H23NOS. The summed E-state index contributed by atoms with van der Waals surface area (Å²) in [5.41, 5.74) is 1.31. The van der Waals surface area contributed by atoms with Gasteiger partial charge in [0.05, 0.1) is 6.61 Å². The van der Waals surface area contributed by atoms with E-state index in [1.165, 1.54) is 24.2 Å². The highest BCUT2D eigenvalue weighted by atomic mass is 32.2. The lowest BCUT2D eigenvalue weighted by Gasteiger charge is -2.11. The molecule has 0 spiro atoms. The topological polar surface area (TPSA) is 21.3 Å². The first kappa shape index (κ1) is 13.8. The zero-order valence-corrected chi connectivity index (χ0v) is 12.0. The zero-order valence-electron chi connectivity index (χ0n) is 11.2. The molecule has 0 amide bonds. The van der Waals surface area contributed by atoms with E-state index in [9.17, 15) is 0 Å². The van der Waals surface area contributed by atoms with E-state index >= 15 is 0 Å². The quantitative estimate of drug-likeness (QED) is 0.816. The monoisotopic (exact) mass is 265 g/mol. The van der Waals surface area contributed by atoms with E-state index < -0.39 is 0 Å². The first-order chi connectivity index (χ1) is 8.88. The fourth-order valence-corrected chi connectivity index (χ4v) is 3.38. The van der Waals surface area contributed by atoms with Crippen molar-refractivity contribution in [3.8, 4) is 5.75 Å². The Morgan fingerprint density at radius 3 is 3.17 bits per heavy atom. The number of ether oxygens (including phenoxy) is 1. The molecule has 0 aromatic heterocycles. The largest absolute Gasteiger partial charge is 0.494 e. The average Bonchev–Trinajstić information content (AvgIpc) is 2.90. The fourth-order valence-electron chi connectivity index (χ4n) is 2.15. The average molecular weight is 265 g/mol. The summed E-state index contributed by atoms with van der Waals surface area (Å²) in [6.45, 7) is 5.01. The summed E-state index contributed by atoms with van der Waals surface area (Å²) < 4.78 is 5.64. The summed E-state index contributed by atoms with van der Waals surface area (Å²) in [5, 5.41) is 4.37. The first-order valence-corrected chi connectivity index (χ1v) is 7.97. The maximum absolute atomic E-state index is 5.64. The second-order valence-electron chi connectivity index (χ2n) is 4.76. The maximum Gasteiger partial charge on any atom is 0.119 e. The van der Waals surface area contributed by atoms with Gasteiger partial charge < -0.3 is 10.1 Å². The van der Waals surface area contributed by atoms with E-state index in [1.54, 1.807) is 0 Å². The van der Waals surface area contributed by atoms with Crippen LogP contribution in [0.15, 0.2) is 24.3 Å². The van der Waals surface area contributed by atoms with Crippen molar-refractivity contribution in [2.75, 3.05) is 18.9 Å². The van der Waals surface area contributed by atoms with E-state index in [2.05, 4.69) is 42.2 Å². The van der Waals surface area contributed by atoms with Gasteiger partial charge in [0.2, 0.25) is 0 Å². The summed E-state index contributed by atoms with van der Waals surface area (Å²) in [5.74, 6) is 2.33. The third-order valence-electron chi connectivity index (χ3n) is 3.10. The predicted octanol–water partition coefficient (Wildman–Crippen LogP) is 3.46. The number of benzene rings is 1. The van der Waals surface area contributed by atoms with Crippen molar-refractivity contribution in [3.05, 3.63) is 29.8 Å². The lowest BCUT2D eigenvalue weighted by Crippen LogP contribution is -2.22. The van der Waals surface area contributed by atoms with E-state index in [0.717, 1.165) is 37.1 Å². The molecule has 0 aliphatic carbocycles. The lowest BCUT2D eigenvalue weighted by molar-refractivity contribution is 0.317. The van der Waals surface area contributed by atoms with Gasteiger partial charge >= 0.3 is 0 Å². The summed E-state index contributed by atoms with van der Waals surface area (Å²) >= 11 is 2.10. The number of nitrogens with one attached hydrogen (secondary N) is 1. The molecule has 1 saturated heterocycles. The molecule has 0 saturated carbocycles. The normalized spacial score (nSPS) is 19.1. The smallest absolute Gasteiger partial charge is 0.119 e. The molecule has 2 nitrogen and oxygen atoms in total. The molecule has 1 atom stereocenters. The Kier molecular flexibility index (Phi) is 5.88. The Balaban J connectivity index is 1.74. The van der Waals surface area contributed by atoms with Crippen LogP contribution in [0.5, 0.6) is 5.75 Å². The van der Waals surface area contributed by atoms with Gasteiger partial charge in [-0.1, -0.05) is 19.1 Å². The van der Waals surface area contributed by atoms with Crippen LogP contribution in [0, 0.1) is 0 Å². The highest BCUT2D eigenvalue weighted by Crippen LogP contribution is 2.25. The van der Waals surface area contributed by atoms with Crippen LogP contribution in [-0.4, -0.2) is 24.2 Å². The Labute approximate surface area is 114 Å². The van der Waals surface area contributed by atoms with Gasteiger partial charge in [0.25, 0.3) is 0 Å². The van der Waals surface area contributed by atoms with Crippen LogP contribution in [0.3, 0.4) is 0 Å². The lowest BCUT2D eigenvalue weighted by atomic mass is 10.2. The van der Waals surface area contributed by atoms with Crippen molar-refractivity contribution in [2.24, 2.45) is 0 Å². The van der Waals surface area contributed by atoms with Crippen LogP contribution in [0.1, 0.15) is 31.7 Å². The van der Waals surface area contributed by atoms with Crippen molar-refractivity contribution < 1.29 is 4.74 Å². The third-order valence-corrected chi connectivity index (χ3v) is 4.49. The molecule has 1 aliphatic rings. The van der Waals surface area contributed by atoms with Crippen LogP contribution >= 0.6 is 11.8 Å². The molecule has 3 heteroatoms. The van der Waals surface area contributed by atoms with Crippen molar-refractivity contribution >= 4 is 11.8 Å². The van der Waals surface area contributed by atoms with Crippen LogP contribution in [0.4, 0.5) is 0 Å².